The lowest BCUT2D eigenvalue weighted by molar-refractivity contribution is -0.150. The number of hydrogen-bond donors (Lipinski definition) is 3. The number of carboxylic acids is 1. The highest BCUT2D eigenvalue weighted by molar-refractivity contribution is 5.90. The third-order valence-electron chi connectivity index (χ3n) is 6.17. The Bertz CT molecular complexity index is 1330. The van der Waals surface area contributed by atoms with E-state index in [0.717, 1.165) is 11.1 Å². The molecule has 2 atom stereocenters. The van der Waals surface area contributed by atoms with E-state index >= 15 is 0 Å². The molecule has 0 spiro atoms. The maximum atomic E-state index is 13.3. The number of carbonyl (C=O) groups excluding carboxylic acids is 4. The Morgan fingerprint density at radius 3 is 1.56 bits per heavy atom. The van der Waals surface area contributed by atoms with E-state index in [2.05, 4.69) is 10.6 Å². The van der Waals surface area contributed by atoms with Crippen LogP contribution >= 0.6 is 0 Å². The smallest absolute Gasteiger partial charge is 0.408 e. The SMILES string of the molecule is O=C(O)CC[C@H](NC(=O)[C@H](CCC(=O)OCc1ccccc1)NC(=O)OCc1ccccc1)C(=O)OCc1ccccc1. The van der Waals surface area contributed by atoms with Crippen LogP contribution in [0.15, 0.2) is 91.0 Å². The summed E-state index contributed by atoms with van der Waals surface area (Å²) in [4.78, 5) is 62.4. The molecular formula is C32H34N2O9. The Morgan fingerprint density at radius 2 is 1.05 bits per heavy atom. The van der Waals surface area contributed by atoms with Crippen molar-refractivity contribution in [3.8, 4) is 0 Å². The van der Waals surface area contributed by atoms with Crippen LogP contribution in [0.3, 0.4) is 0 Å². The van der Waals surface area contributed by atoms with E-state index < -0.39 is 48.4 Å². The number of hydrogen-bond acceptors (Lipinski definition) is 8. The summed E-state index contributed by atoms with van der Waals surface area (Å²) in [6.07, 6.45) is -2.00. The van der Waals surface area contributed by atoms with Crippen molar-refractivity contribution in [2.45, 2.75) is 57.6 Å². The number of aliphatic carboxylic acids is 1. The molecule has 11 heteroatoms. The molecule has 0 aliphatic carbocycles. The van der Waals surface area contributed by atoms with Crippen molar-refractivity contribution in [2.24, 2.45) is 0 Å². The van der Waals surface area contributed by atoms with Crippen molar-refractivity contribution in [1.82, 2.24) is 10.6 Å². The summed E-state index contributed by atoms with van der Waals surface area (Å²) in [6, 6.07) is 24.1. The van der Waals surface area contributed by atoms with Crippen LogP contribution in [0.25, 0.3) is 0 Å². The molecule has 0 fully saturated rings. The first-order valence-corrected chi connectivity index (χ1v) is 13.7. The van der Waals surface area contributed by atoms with Crippen molar-refractivity contribution in [3.05, 3.63) is 108 Å². The molecule has 0 saturated heterocycles. The van der Waals surface area contributed by atoms with Gasteiger partial charge in [0.05, 0.1) is 0 Å². The highest BCUT2D eigenvalue weighted by atomic mass is 16.6. The van der Waals surface area contributed by atoms with Gasteiger partial charge in [-0.25, -0.2) is 9.59 Å². The van der Waals surface area contributed by atoms with Crippen LogP contribution in [0.5, 0.6) is 0 Å². The van der Waals surface area contributed by atoms with Gasteiger partial charge in [0, 0.05) is 12.8 Å². The second-order valence-electron chi connectivity index (χ2n) is 9.53. The van der Waals surface area contributed by atoms with Crippen molar-refractivity contribution in [3.63, 3.8) is 0 Å². The minimum Gasteiger partial charge on any atom is -0.481 e. The molecule has 11 nitrogen and oxygen atoms in total. The molecule has 0 unspecified atom stereocenters. The van der Waals surface area contributed by atoms with Crippen molar-refractivity contribution in [2.75, 3.05) is 0 Å². The van der Waals surface area contributed by atoms with Gasteiger partial charge in [0.15, 0.2) is 0 Å². The van der Waals surface area contributed by atoms with Crippen LogP contribution in [0.4, 0.5) is 4.79 Å². The molecule has 0 radical (unpaired) electrons. The first kappa shape index (κ1) is 32.3. The molecule has 0 bridgehead atoms. The number of benzene rings is 3. The molecule has 0 aromatic heterocycles. The predicted octanol–water partition coefficient (Wildman–Crippen LogP) is 3.90. The molecule has 3 N–H and O–H groups in total. The summed E-state index contributed by atoms with van der Waals surface area (Å²) >= 11 is 0. The van der Waals surface area contributed by atoms with Crippen LogP contribution in [0.2, 0.25) is 0 Å². The summed E-state index contributed by atoms with van der Waals surface area (Å²) in [6.45, 7) is -0.110. The third-order valence-corrected chi connectivity index (χ3v) is 6.17. The second kappa shape index (κ2) is 17.6. The number of carboxylic acid groups (broad SMARTS) is 1. The Hall–Kier alpha value is -5.19. The van der Waals surface area contributed by atoms with E-state index in [9.17, 15) is 24.0 Å². The first-order valence-electron chi connectivity index (χ1n) is 13.7. The van der Waals surface area contributed by atoms with Crippen LogP contribution in [-0.2, 0) is 53.2 Å². The zero-order valence-corrected chi connectivity index (χ0v) is 23.5. The van der Waals surface area contributed by atoms with Gasteiger partial charge in [-0.1, -0.05) is 91.0 Å². The molecule has 226 valence electrons. The quantitative estimate of drug-likeness (QED) is 0.166. The van der Waals surface area contributed by atoms with E-state index in [1.807, 2.05) is 12.1 Å². The standard InChI is InChI=1S/C32H34N2O9/c35-28(36)18-16-27(31(39)42-21-24-12-6-2-7-13-24)33-30(38)26(34-32(40)43-22-25-14-8-3-9-15-25)17-19-29(37)41-20-23-10-4-1-5-11-23/h1-15,26-27H,16-22H2,(H,33,38)(H,34,40)(H,35,36)/t26-,27-/m0/s1. The molecule has 3 aromatic rings. The lowest BCUT2D eigenvalue weighted by Crippen LogP contribution is -2.52. The number of alkyl carbamates (subject to hydrolysis) is 1. The Labute approximate surface area is 249 Å². The van der Waals surface area contributed by atoms with E-state index in [0.29, 0.717) is 5.56 Å². The largest absolute Gasteiger partial charge is 0.481 e. The monoisotopic (exact) mass is 590 g/mol. The lowest BCUT2D eigenvalue weighted by atomic mass is 10.1. The van der Waals surface area contributed by atoms with Crippen LogP contribution in [0.1, 0.15) is 42.4 Å². The van der Waals surface area contributed by atoms with Gasteiger partial charge in [-0.05, 0) is 29.5 Å². The average molecular weight is 591 g/mol. The number of ether oxygens (including phenoxy) is 3. The molecule has 0 aliphatic rings. The van der Waals surface area contributed by atoms with Gasteiger partial charge >= 0.3 is 24.0 Å². The van der Waals surface area contributed by atoms with Gasteiger partial charge in [0.2, 0.25) is 5.91 Å². The highest BCUT2D eigenvalue weighted by Crippen LogP contribution is 2.09. The van der Waals surface area contributed by atoms with Crippen LogP contribution < -0.4 is 10.6 Å². The summed E-state index contributed by atoms with van der Waals surface area (Å²) in [5.41, 5.74) is 2.20. The minimum absolute atomic E-state index is 0.0353. The van der Waals surface area contributed by atoms with Crippen molar-refractivity contribution < 1.29 is 43.3 Å². The van der Waals surface area contributed by atoms with E-state index in [4.69, 9.17) is 19.3 Å². The Morgan fingerprint density at radius 1 is 0.581 bits per heavy atom. The molecule has 3 aromatic carbocycles. The number of nitrogens with one attached hydrogen (secondary N) is 2. The van der Waals surface area contributed by atoms with E-state index in [1.165, 1.54) is 0 Å². The summed E-state index contributed by atoms with van der Waals surface area (Å²) in [7, 11) is 0. The molecule has 2 amide bonds. The van der Waals surface area contributed by atoms with Crippen molar-refractivity contribution in [1.29, 1.82) is 0 Å². The molecule has 3 rings (SSSR count). The zero-order chi connectivity index (χ0) is 30.9. The fraction of sp³-hybridized carbons (Fsp3) is 0.281. The molecule has 0 aliphatic heterocycles. The molecule has 0 saturated carbocycles. The average Bonchev–Trinajstić information content (AvgIpc) is 3.03. The minimum atomic E-state index is -1.32. The summed E-state index contributed by atoms with van der Waals surface area (Å²) in [5.74, 6) is -3.44. The highest BCUT2D eigenvalue weighted by Gasteiger charge is 2.29. The van der Waals surface area contributed by atoms with Gasteiger partial charge in [-0.3, -0.25) is 14.4 Å². The second-order valence-corrected chi connectivity index (χ2v) is 9.53. The summed E-state index contributed by atoms with van der Waals surface area (Å²) in [5, 5.41) is 14.1. The summed E-state index contributed by atoms with van der Waals surface area (Å²) < 4.78 is 15.8. The fourth-order valence-corrected chi connectivity index (χ4v) is 3.87. The fourth-order valence-electron chi connectivity index (χ4n) is 3.87. The van der Waals surface area contributed by atoms with Gasteiger partial charge in [0.25, 0.3) is 0 Å². The van der Waals surface area contributed by atoms with Crippen LogP contribution in [0, 0.1) is 0 Å². The normalized spacial score (nSPS) is 11.8. The Kier molecular flexibility index (Phi) is 13.2. The van der Waals surface area contributed by atoms with Gasteiger partial charge in [-0.2, -0.15) is 0 Å². The van der Waals surface area contributed by atoms with Crippen molar-refractivity contribution >= 4 is 29.9 Å². The Balaban J connectivity index is 1.64. The molecular weight excluding hydrogens is 556 g/mol. The maximum Gasteiger partial charge on any atom is 0.408 e. The van der Waals surface area contributed by atoms with Gasteiger partial charge in [-0.15, -0.1) is 0 Å². The van der Waals surface area contributed by atoms with Gasteiger partial charge in [0.1, 0.15) is 31.9 Å². The van der Waals surface area contributed by atoms with Gasteiger partial charge < -0.3 is 30.0 Å². The zero-order valence-electron chi connectivity index (χ0n) is 23.5. The van der Waals surface area contributed by atoms with Crippen LogP contribution in [-0.4, -0.2) is 47.1 Å². The number of carbonyl (C=O) groups is 5. The number of rotatable bonds is 16. The van der Waals surface area contributed by atoms with E-state index in [1.54, 1.807) is 78.9 Å². The molecule has 0 heterocycles. The topological polar surface area (TPSA) is 157 Å². The number of esters is 2. The third kappa shape index (κ3) is 12.5. The van der Waals surface area contributed by atoms with E-state index in [-0.39, 0.29) is 39.1 Å². The first-order chi connectivity index (χ1) is 20.8. The predicted molar refractivity (Wildman–Crippen MR) is 154 cm³/mol. The maximum absolute atomic E-state index is 13.3. The molecule has 43 heavy (non-hydrogen) atoms. The number of amides is 2. The lowest BCUT2D eigenvalue weighted by Gasteiger charge is -2.22.